The van der Waals surface area contributed by atoms with Crippen LogP contribution in [0.1, 0.15) is 13.8 Å². The number of nitrogens with one attached hydrogen (secondary N) is 1. The molecule has 20 heavy (non-hydrogen) atoms. The zero-order valence-electron chi connectivity index (χ0n) is 10.8. The quantitative estimate of drug-likeness (QED) is 0.839. The van der Waals surface area contributed by atoms with Crippen molar-refractivity contribution >= 4 is 28.9 Å². The topological polar surface area (TPSA) is 64.3 Å². The fourth-order valence-electron chi connectivity index (χ4n) is 1.31. The van der Waals surface area contributed by atoms with Gasteiger partial charge in [0, 0.05) is 5.69 Å². The van der Waals surface area contributed by atoms with E-state index in [-0.39, 0.29) is 10.7 Å². The molecule has 3 N–H and O–H groups in total. The molecule has 1 amide bonds. The third-order valence-electron chi connectivity index (χ3n) is 2.49. The van der Waals surface area contributed by atoms with E-state index in [1.54, 1.807) is 0 Å². The summed E-state index contributed by atoms with van der Waals surface area (Å²) in [6.07, 6.45) is -7.83. The number of carbonyl (C=O) groups is 1. The van der Waals surface area contributed by atoms with E-state index in [0.29, 0.717) is 5.69 Å². The second kappa shape index (κ2) is 6.32. The predicted octanol–water partition coefficient (Wildman–Crippen LogP) is 3.22. The van der Waals surface area contributed by atoms with E-state index >= 15 is 0 Å². The van der Waals surface area contributed by atoms with Crippen LogP contribution in [0.3, 0.4) is 0 Å². The summed E-state index contributed by atoms with van der Waals surface area (Å²) in [6, 6.07) is 4.38. The molecule has 0 saturated carbocycles. The Kier molecular flexibility index (Phi) is 5.24. The zero-order chi connectivity index (χ0) is 15.5. The molecular formula is C12H14ClF3N2O2. The number of carbonyl (C=O) groups excluding carboxylic acids is 1. The van der Waals surface area contributed by atoms with Crippen molar-refractivity contribution in [3.63, 3.8) is 0 Å². The first-order valence-corrected chi connectivity index (χ1v) is 6.07. The fraction of sp³-hybridized carbons (Fsp3) is 0.417. The van der Waals surface area contributed by atoms with Gasteiger partial charge in [-0.25, -0.2) is 0 Å². The van der Waals surface area contributed by atoms with Crippen molar-refractivity contribution in [2.24, 2.45) is 0 Å². The highest BCUT2D eigenvalue weighted by Crippen LogP contribution is 2.26. The number of rotatable bonds is 4. The summed E-state index contributed by atoms with van der Waals surface area (Å²) in [5.41, 5.74) is 6.14. The molecule has 0 heterocycles. The normalized spacial score (nSPS) is 14.7. The standard InChI is InChI=1S/C12H14ClF3N2O2/c1-6(20-7(2)12(14,15)16)11(19)18-10-4-3-8(17)5-9(10)13/h3-7H,17H2,1-2H3,(H,18,19). The van der Waals surface area contributed by atoms with Crippen LogP contribution < -0.4 is 11.1 Å². The highest BCUT2D eigenvalue weighted by Gasteiger charge is 2.38. The minimum atomic E-state index is -4.52. The second-order valence-electron chi connectivity index (χ2n) is 4.19. The molecular weight excluding hydrogens is 297 g/mol. The number of nitrogen functional groups attached to an aromatic ring is 1. The summed E-state index contributed by atoms with van der Waals surface area (Å²) in [5, 5.41) is 2.56. The summed E-state index contributed by atoms with van der Waals surface area (Å²) < 4.78 is 41.6. The van der Waals surface area contributed by atoms with Crippen LogP contribution in [0.2, 0.25) is 5.02 Å². The van der Waals surface area contributed by atoms with Gasteiger partial charge < -0.3 is 15.8 Å². The highest BCUT2D eigenvalue weighted by molar-refractivity contribution is 6.34. The number of hydrogen-bond acceptors (Lipinski definition) is 3. The molecule has 2 unspecified atom stereocenters. The van der Waals surface area contributed by atoms with Crippen LogP contribution in [0.5, 0.6) is 0 Å². The molecule has 0 fully saturated rings. The van der Waals surface area contributed by atoms with E-state index in [2.05, 4.69) is 10.1 Å². The molecule has 1 aromatic carbocycles. The van der Waals surface area contributed by atoms with Crippen LogP contribution in [-0.2, 0) is 9.53 Å². The number of hydrogen-bond donors (Lipinski definition) is 2. The number of ether oxygens (including phenoxy) is 1. The molecule has 0 aliphatic carbocycles. The molecule has 0 spiro atoms. The number of halogens is 4. The Labute approximate surface area is 119 Å². The Balaban J connectivity index is 2.66. The first-order chi connectivity index (χ1) is 9.11. The third kappa shape index (κ3) is 4.57. The smallest absolute Gasteiger partial charge is 0.399 e. The van der Waals surface area contributed by atoms with Crippen molar-refractivity contribution in [3.05, 3.63) is 23.2 Å². The maximum atomic E-state index is 12.3. The van der Waals surface area contributed by atoms with Gasteiger partial charge in [0.15, 0.2) is 6.10 Å². The maximum absolute atomic E-state index is 12.3. The lowest BCUT2D eigenvalue weighted by molar-refractivity contribution is -0.223. The van der Waals surface area contributed by atoms with Gasteiger partial charge in [0.25, 0.3) is 5.91 Å². The lowest BCUT2D eigenvalue weighted by Gasteiger charge is -2.21. The number of amides is 1. The summed E-state index contributed by atoms with van der Waals surface area (Å²) in [5.74, 6) is -0.729. The first kappa shape index (κ1) is 16.6. The number of anilines is 2. The monoisotopic (exact) mass is 310 g/mol. The molecule has 8 heteroatoms. The van der Waals surface area contributed by atoms with Gasteiger partial charge >= 0.3 is 6.18 Å². The Bertz CT molecular complexity index is 494. The van der Waals surface area contributed by atoms with Crippen LogP contribution in [0.15, 0.2) is 18.2 Å². The number of benzene rings is 1. The van der Waals surface area contributed by atoms with Crippen LogP contribution in [-0.4, -0.2) is 24.3 Å². The van der Waals surface area contributed by atoms with E-state index in [9.17, 15) is 18.0 Å². The fourth-order valence-corrected chi connectivity index (χ4v) is 1.55. The molecule has 1 aromatic rings. The molecule has 0 saturated heterocycles. The minimum Gasteiger partial charge on any atom is -0.399 e. The summed E-state index contributed by atoms with van der Waals surface area (Å²) in [6.45, 7) is 2.06. The van der Waals surface area contributed by atoms with Crippen molar-refractivity contribution in [2.75, 3.05) is 11.1 Å². The molecule has 0 bridgehead atoms. The van der Waals surface area contributed by atoms with Crippen molar-refractivity contribution in [3.8, 4) is 0 Å². The van der Waals surface area contributed by atoms with Crippen molar-refractivity contribution in [1.29, 1.82) is 0 Å². The third-order valence-corrected chi connectivity index (χ3v) is 2.80. The molecule has 1 rings (SSSR count). The van der Waals surface area contributed by atoms with Gasteiger partial charge in [0.1, 0.15) is 6.10 Å². The Morgan fingerprint density at radius 2 is 2.00 bits per heavy atom. The Hall–Kier alpha value is -1.47. The van der Waals surface area contributed by atoms with E-state index in [0.717, 1.165) is 6.92 Å². The lowest BCUT2D eigenvalue weighted by Crippen LogP contribution is -2.37. The molecule has 0 radical (unpaired) electrons. The number of alkyl halides is 3. The van der Waals surface area contributed by atoms with Gasteiger partial charge in [-0.2, -0.15) is 13.2 Å². The molecule has 112 valence electrons. The Morgan fingerprint density at radius 1 is 1.40 bits per heavy atom. The molecule has 2 atom stereocenters. The van der Waals surface area contributed by atoms with E-state index in [1.165, 1.54) is 25.1 Å². The summed E-state index contributed by atoms with van der Waals surface area (Å²) in [7, 11) is 0. The first-order valence-electron chi connectivity index (χ1n) is 5.69. The summed E-state index contributed by atoms with van der Waals surface area (Å²) >= 11 is 5.84. The predicted molar refractivity (Wildman–Crippen MR) is 70.6 cm³/mol. The minimum absolute atomic E-state index is 0.189. The van der Waals surface area contributed by atoms with Crippen LogP contribution in [0, 0.1) is 0 Å². The van der Waals surface area contributed by atoms with Gasteiger partial charge in [-0.1, -0.05) is 11.6 Å². The van der Waals surface area contributed by atoms with Crippen molar-refractivity contribution < 1.29 is 22.7 Å². The van der Waals surface area contributed by atoms with Gasteiger partial charge in [-0.05, 0) is 32.0 Å². The highest BCUT2D eigenvalue weighted by atomic mass is 35.5. The Morgan fingerprint density at radius 3 is 2.50 bits per heavy atom. The second-order valence-corrected chi connectivity index (χ2v) is 4.60. The van der Waals surface area contributed by atoms with Crippen LogP contribution in [0.4, 0.5) is 24.5 Å². The molecule has 0 aliphatic rings. The zero-order valence-corrected chi connectivity index (χ0v) is 11.5. The van der Waals surface area contributed by atoms with Crippen molar-refractivity contribution in [2.45, 2.75) is 32.2 Å². The molecule has 4 nitrogen and oxygen atoms in total. The van der Waals surface area contributed by atoms with Crippen LogP contribution >= 0.6 is 11.6 Å². The molecule has 0 aliphatic heterocycles. The van der Waals surface area contributed by atoms with E-state index < -0.39 is 24.3 Å². The van der Waals surface area contributed by atoms with Gasteiger partial charge in [-0.15, -0.1) is 0 Å². The average molecular weight is 311 g/mol. The number of nitrogens with two attached hydrogens (primary N) is 1. The molecule has 0 aromatic heterocycles. The maximum Gasteiger partial charge on any atom is 0.414 e. The van der Waals surface area contributed by atoms with Gasteiger partial charge in [0.2, 0.25) is 0 Å². The van der Waals surface area contributed by atoms with Crippen LogP contribution in [0.25, 0.3) is 0 Å². The van der Waals surface area contributed by atoms with Gasteiger partial charge in [0.05, 0.1) is 10.7 Å². The largest absolute Gasteiger partial charge is 0.414 e. The lowest BCUT2D eigenvalue weighted by atomic mass is 10.2. The SMILES string of the molecule is CC(OC(C)C(F)(F)F)C(=O)Nc1ccc(N)cc1Cl. The van der Waals surface area contributed by atoms with Crippen molar-refractivity contribution in [1.82, 2.24) is 0 Å². The summed E-state index contributed by atoms with van der Waals surface area (Å²) in [4.78, 5) is 11.7. The van der Waals surface area contributed by atoms with E-state index in [1.807, 2.05) is 0 Å². The van der Waals surface area contributed by atoms with Gasteiger partial charge in [-0.3, -0.25) is 4.79 Å². The van der Waals surface area contributed by atoms with E-state index in [4.69, 9.17) is 17.3 Å². The average Bonchev–Trinajstić information content (AvgIpc) is 2.31.